The number of carbonyl (C=O) groups excluding carboxylic acids is 1. The number of nitrogens with zero attached hydrogens (tertiary/aromatic N) is 2. The van der Waals surface area contributed by atoms with Crippen LogP contribution in [0.25, 0.3) is 6.08 Å². The number of amides is 1. The molecule has 1 heterocycles. The molecule has 21 heavy (non-hydrogen) atoms. The van der Waals surface area contributed by atoms with Gasteiger partial charge in [-0.1, -0.05) is 11.6 Å². The van der Waals surface area contributed by atoms with Gasteiger partial charge in [-0.05, 0) is 37.0 Å². The lowest BCUT2D eigenvalue weighted by molar-refractivity contribution is -0.384. The molecule has 5 heteroatoms. The number of nitro groups is 1. The molecule has 5 nitrogen and oxygen atoms in total. The van der Waals surface area contributed by atoms with Gasteiger partial charge < -0.3 is 4.90 Å². The molecule has 0 bridgehead atoms. The third-order valence-electron chi connectivity index (χ3n) is 4.43. The van der Waals surface area contributed by atoms with Crippen LogP contribution in [0.4, 0.5) is 5.69 Å². The second-order valence-corrected chi connectivity index (χ2v) is 5.80. The molecule has 1 aromatic carbocycles. The van der Waals surface area contributed by atoms with Crippen LogP contribution in [0.3, 0.4) is 0 Å². The number of hydrogen-bond donors (Lipinski definition) is 0. The maximum Gasteiger partial charge on any atom is 0.269 e. The molecule has 0 radical (unpaired) electrons. The zero-order chi connectivity index (χ0) is 15.0. The number of fused-ring (bicyclic) bond motifs is 1. The molecule has 1 saturated heterocycles. The highest BCUT2D eigenvalue weighted by molar-refractivity contribution is 5.80. The van der Waals surface area contributed by atoms with Crippen LogP contribution >= 0.6 is 0 Å². The van der Waals surface area contributed by atoms with Crippen LogP contribution in [-0.2, 0) is 4.79 Å². The van der Waals surface area contributed by atoms with E-state index in [1.54, 1.807) is 12.1 Å². The first-order valence-corrected chi connectivity index (χ1v) is 7.30. The molecule has 1 unspecified atom stereocenters. The molecule has 0 saturated carbocycles. The lowest BCUT2D eigenvalue weighted by Gasteiger charge is -2.19. The summed E-state index contributed by atoms with van der Waals surface area (Å²) in [6.45, 7) is 3.68. The normalized spacial score (nSPS) is 20.3. The summed E-state index contributed by atoms with van der Waals surface area (Å²) >= 11 is 0. The second kappa shape index (κ2) is 5.31. The number of non-ortho nitro benzene ring substituents is 1. The summed E-state index contributed by atoms with van der Waals surface area (Å²) < 4.78 is 0. The Kier molecular flexibility index (Phi) is 3.49. The van der Waals surface area contributed by atoms with E-state index >= 15 is 0 Å². The summed E-state index contributed by atoms with van der Waals surface area (Å²) in [6, 6.07) is 4.91. The van der Waals surface area contributed by atoms with Gasteiger partial charge in [0.05, 0.1) is 4.92 Å². The average Bonchev–Trinajstić information content (AvgIpc) is 3.07. The van der Waals surface area contributed by atoms with E-state index in [1.807, 2.05) is 17.9 Å². The van der Waals surface area contributed by atoms with Gasteiger partial charge in [0, 0.05) is 37.6 Å². The van der Waals surface area contributed by atoms with Crippen LogP contribution in [-0.4, -0.2) is 28.8 Å². The number of benzene rings is 1. The molecule has 1 aromatic rings. The predicted molar refractivity (Wildman–Crippen MR) is 79.9 cm³/mol. The van der Waals surface area contributed by atoms with Crippen LogP contribution in [0.1, 0.15) is 43.2 Å². The van der Waals surface area contributed by atoms with Gasteiger partial charge in [-0.15, -0.1) is 0 Å². The van der Waals surface area contributed by atoms with Crippen LogP contribution in [0, 0.1) is 10.1 Å². The van der Waals surface area contributed by atoms with Crippen molar-refractivity contribution in [2.45, 2.75) is 32.1 Å². The summed E-state index contributed by atoms with van der Waals surface area (Å²) in [6.07, 6.45) is 4.60. The highest BCUT2D eigenvalue weighted by atomic mass is 16.6. The minimum absolute atomic E-state index is 0.0204. The largest absolute Gasteiger partial charge is 0.343 e. The van der Waals surface area contributed by atoms with Gasteiger partial charge in [-0.2, -0.15) is 0 Å². The van der Waals surface area contributed by atoms with E-state index in [1.165, 1.54) is 6.07 Å². The predicted octanol–water partition coefficient (Wildman–Crippen LogP) is 3.11. The van der Waals surface area contributed by atoms with Crippen LogP contribution in [0.15, 0.2) is 23.8 Å². The first-order chi connectivity index (χ1) is 10.1. The Morgan fingerprint density at radius 1 is 1.38 bits per heavy atom. The molecule has 0 spiro atoms. The number of hydrogen-bond acceptors (Lipinski definition) is 3. The Labute approximate surface area is 123 Å². The lowest BCUT2D eigenvalue weighted by atomic mass is 9.92. The monoisotopic (exact) mass is 286 g/mol. The van der Waals surface area contributed by atoms with E-state index in [2.05, 4.69) is 0 Å². The molecule has 0 aromatic heterocycles. The van der Waals surface area contributed by atoms with E-state index in [0.717, 1.165) is 42.6 Å². The van der Waals surface area contributed by atoms with E-state index in [-0.39, 0.29) is 22.4 Å². The van der Waals surface area contributed by atoms with Crippen LogP contribution in [0.5, 0.6) is 0 Å². The smallest absolute Gasteiger partial charge is 0.269 e. The van der Waals surface area contributed by atoms with E-state index in [0.29, 0.717) is 6.42 Å². The third-order valence-corrected chi connectivity index (χ3v) is 4.43. The van der Waals surface area contributed by atoms with Crippen molar-refractivity contribution in [2.75, 3.05) is 13.1 Å². The zero-order valence-electron chi connectivity index (χ0n) is 12.0. The number of allylic oxidation sites excluding steroid dienone is 1. The van der Waals surface area contributed by atoms with Gasteiger partial charge in [-0.25, -0.2) is 0 Å². The minimum atomic E-state index is -0.382. The summed E-state index contributed by atoms with van der Waals surface area (Å²) in [5.41, 5.74) is 3.11. The van der Waals surface area contributed by atoms with Crippen molar-refractivity contribution in [2.24, 2.45) is 0 Å². The van der Waals surface area contributed by atoms with Crippen molar-refractivity contribution in [1.29, 1.82) is 0 Å². The molecule has 1 fully saturated rings. The molecule has 3 rings (SSSR count). The summed E-state index contributed by atoms with van der Waals surface area (Å²) in [7, 11) is 0. The fourth-order valence-electron chi connectivity index (χ4n) is 3.24. The number of carbonyl (C=O) groups is 1. The standard InChI is InChI=1S/C16H18N2O3/c1-11-8-12-4-5-13(18(20)21)9-15(12)14(11)10-16(19)17-6-2-3-7-17/h4-5,8-9,14H,2-3,6-7,10H2,1H3. The van der Waals surface area contributed by atoms with Crippen molar-refractivity contribution in [3.63, 3.8) is 0 Å². The third kappa shape index (κ3) is 2.55. The van der Waals surface area contributed by atoms with Crippen molar-refractivity contribution < 1.29 is 9.72 Å². The Bertz CT molecular complexity index is 630. The average molecular weight is 286 g/mol. The Balaban J connectivity index is 1.84. The number of likely N-dealkylation sites (tertiary alicyclic amines) is 1. The summed E-state index contributed by atoms with van der Waals surface area (Å²) in [5, 5.41) is 10.9. The van der Waals surface area contributed by atoms with Gasteiger partial charge in [0.1, 0.15) is 0 Å². The fourth-order valence-corrected chi connectivity index (χ4v) is 3.24. The molecular weight excluding hydrogens is 268 g/mol. The topological polar surface area (TPSA) is 63.5 Å². The molecular formula is C16H18N2O3. The lowest BCUT2D eigenvalue weighted by Crippen LogP contribution is -2.28. The fraction of sp³-hybridized carbons (Fsp3) is 0.438. The first kappa shape index (κ1) is 13.8. The molecule has 1 aliphatic heterocycles. The van der Waals surface area contributed by atoms with Crippen LogP contribution < -0.4 is 0 Å². The maximum absolute atomic E-state index is 12.3. The molecule has 2 aliphatic rings. The second-order valence-electron chi connectivity index (χ2n) is 5.80. The zero-order valence-corrected chi connectivity index (χ0v) is 12.0. The SMILES string of the molecule is CC1=Cc2ccc([N+](=O)[O-])cc2C1CC(=O)N1CCCC1. The Morgan fingerprint density at radius 3 is 2.76 bits per heavy atom. The number of rotatable bonds is 3. The van der Waals surface area contributed by atoms with Crippen molar-refractivity contribution in [3.05, 3.63) is 45.0 Å². The highest BCUT2D eigenvalue weighted by Gasteiger charge is 2.29. The van der Waals surface area contributed by atoms with E-state index in [4.69, 9.17) is 0 Å². The summed E-state index contributed by atoms with van der Waals surface area (Å²) in [4.78, 5) is 24.8. The minimum Gasteiger partial charge on any atom is -0.343 e. The van der Waals surface area contributed by atoms with Crippen molar-refractivity contribution >= 4 is 17.7 Å². The molecule has 0 N–H and O–H groups in total. The quantitative estimate of drug-likeness (QED) is 0.633. The van der Waals surface area contributed by atoms with Gasteiger partial charge in [-0.3, -0.25) is 14.9 Å². The van der Waals surface area contributed by atoms with Gasteiger partial charge >= 0.3 is 0 Å². The van der Waals surface area contributed by atoms with Gasteiger partial charge in [0.15, 0.2) is 0 Å². The molecule has 110 valence electrons. The summed E-state index contributed by atoms with van der Waals surface area (Å²) in [5.74, 6) is 0.137. The van der Waals surface area contributed by atoms with E-state index < -0.39 is 0 Å². The Hall–Kier alpha value is -2.17. The van der Waals surface area contributed by atoms with Gasteiger partial charge in [0.25, 0.3) is 5.69 Å². The van der Waals surface area contributed by atoms with Crippen molar-refractivity contribution in [3.8, 4) is 0 Å². The molecule has 1 atom stereocenters. The first-order valence-electron chi connectivity index (χ1n) is 7.30. The Morgan fingerprint density at radius 2 is 2.10 bits per heavy atom. The van der Waals surface area contributed by atoms with E-state index in [9.17, 15) is 14.9 Å². The number of nitro benzene ring substituents is 1. The highest BCUT2D eigenvalue weighted by Crippen LogP contribution is 2.40. The molecule has 1 aliphatic carbocycles. The maximum atomic E-state index is 12.3. The van der Waals surface area contributed by atoms with Gasteiger partial charge in [0.2, 0.25) is 5.91 Å². The molecule has 1 amide bonds. The van der Waals surface area contributed by atoms with Crippen LogP contribution in [0.2, 0.25) is 0 Å². The van der Waals surface area contributed by atoms with Crippen molar-refractivity contribution in [1.82, 2.24) is 4.90 Å².